The molecule has 1 amide bonds. The number of aromatic nitrogens is 1. The molecule has 0 fully saturated rings. The van der Waals surface area contributed by atoms with E-state index in [-0.39, 0.29) is 10.6 Å². The summed E-state index contributed by atoms with van der Waals surface area (Å²) in [6.07, 6.45) is 1.10. The quantitative estimate of drug-likeness (QED) is 0.864. The van der Waals surface area contributed by atoms with Crippen molar-refractivity contribution in [2.45, 2.75) is 11.4 Å². The second-order valence-corrected chi connectivity index (χ2v) is 7.33. The number of rotatable bonds is 5. The fourth-order valence-electron chi connectivity index (χ4n) is 1.92. The molecule has 0 bridgehead atoms. The molecule has 1 aromatic carbocycles. The number of carbonyl (C=O) groups is 1. The van der Waals surface area contributed by atoms with E-state index in [4.69, 9.17) is 0 Å². The number of amides is 1. The maximum Gasteiger partial charge on any atom is 0.251 e. The van der Waals surface area contributed by atoms with E-state index < -0.39 is 33.9 Å². The summed E-state index contributed by atoms with van der Waals surface area (Å²) in [5.74, 6) is -1.09. The van der Waals surface area contributed by atoms with Crippen LogP contribution in [0.5, 0.6) is 0 Å². The first-order valence-corrected chi connectivity index (χ1v) is 8.32. The Kier molecular flexibility index (Phi) is 5.15. The molecule has 2 aromatic rings. The van der Waals surface area contributed by atoms with E-state index in [1.165, 1.54) is 38.4 Å². The molecule has 9 heteroatoms. The van der Waals surface area contributed by atoms with Crippen molar-refractivity contribution in [2.75, 3.05) is 19.4 Å². The lowest BCUT2D eigenvalue weighted by Gasteiger charge is -2.13. The third-order valence-electron chi connectivity index (χ3n) is 3.16. The largest absolute Gasteiger partial charge is 0.324 e. The summed E-state index contributed by atoms with van der Waals surface area (Å²) in [6, 6.07) is 7.55. The van der Waals surface area contributed by atoms with Crippen LogP contribution in [-0.4, -0.2) is 37.3 Å². The minimum absolute atomic E-state index is 0.106. The van der Waals surface area contributed by atoms with Crippen molar-refractivity contribution in [1.29, 1.82) is 0 Å². The van der Waals surface area contributed by atoms with Crippen molar-refractivity contribution < 1.29 is 17.6 Å². The van der Waals surface area contributed by atoms with Crippen molar-refractivity contribution in [2.24, 2.45) is 0 Å². The summed E-state index contributed by atoms with van der Waals surface area (Å²) in [4.78, 5) is 23.7. The zero-order chi connectivity index (χ0) is 17.9. The number of halogens is 1. The second-order valence-electron chi connectivity index (χ2n) is 5.18. The lowest BCUT2D eigenvalue weighted by molar-refractivity contribution is -0.116. The van der Waals surface area contributed by atoms with Crippen molar-refractivity contribution in [3.8, 4) is 0 Å². The van der Waals surface area contributed by atoms with Crippen LogP contribution in [-0.2, 0) is 21.4 Å². The maximum absolute atomic E-state index is 13.1. The van der Waals surface area contributed by atoms with E-state index >= 15 is 0 Å². The highest BCUT2D eigenvalue weighted by atomic mass is 32.2. The van der Waals surface area contributed by atoms with Crippen LogP contribution in [0.15, 0.2) is 52.3 Å². The molecular weight excluding hydrogens is 337 g/mol. The normalized spacial score (nSPS) is 11.5. The number of hydrogen-bond acceptors (Lipinski definition) is 4. The zero-order valence-electron chi connectivity index (χ0n) is 13.1. The molecule has 2 rings (SSSR count). The Bertz CT molecular complexity index is 922. The molecule has 0 unspecified atom stereocenters. The van der Waals surface area contributed by atoms with E-state index in [0.717, 1.165) is 27.2 Å². The SMILES string of the molecule is CN(C)S(=O)(=O)c1ccc(=O)n(CC(=O)Nc2cccc(F)c2)c1. The van der Waals surface area contributed by atoms with Crippen molar-refractivity contribution in [3.05, 3.63) is 58.8 Å². The topological polar surface area (TPSA) is 88.5 Å². The summed E-state index contributed by atoms with van der Waals surface area (Å²) in [6.45, 7) is -0.397. The van der Waals surface area contributed by atoms with Gasteiger partial charge in [0.1, 0.15) is 12.4 Å². The molecule has 1 heterocycles. The summed E-state index contributed by atoms with van der Waals surface area (Å²) in [5.41, 5.74) is -0.285. The Morgan fingerprint density at radius 3 is 2.58 bits per heavy atom. The fraction of sp³-hybridized carbons (Fsp3) is 0.200. The van der Waals surface area contributed by atoms with Gasteiger partial charge in [-0.05, 0) is 24.3 Å². The number of nitrogens with one attached hydrogen (secondary N) is 1. The summed E-state index contributed by atoms with van der Waals surface area (Å²) >= 11 is 0. The van der Waals surface area contributed by atoms with Crippen LogP contribution in [0.2, 0.25) is 0 Å². The second kappa shape index (κ2) is 6.93. The molecule has 0 saturated carbocycles. The van der Waals surface area contributed by atoms with Crippen LogP contribution >= 0.6 is 0 Å². The molecule has 1 aromatic heterocycles. The van der Waals surface area contributed by atoms with Gasteiger partial charge in [0, 0.05) is 32.0 Å². The minimum atomic E-state index is -3.72. The number of sulfonamides is 1. The Morgan fingerprint density at radius 1 is 1.25 bits per heavy atom. The molecule has 1 N–H and O–H groups in total. The predicted octanol–water partition coefficient (Wildman–Crippen LogP) is 0.876. The molecule has 7 nitrogen and oxygen atoms in total. The number of hydrogen-bond donors (Lipinski definition) is 1. The third-order valence-corrected chi connectivity index (χ3v) is 4.96. The van der Waals surface area contributed by atoms with Crippen molar-refractivity contribution in [3.63, 3.8) is 0 Å². The molecule has 0 atom stereocenters. The number of carbonyl (C=O) groups excluding carboxylic acids is 1. The van der Waals surface area contributed by atoms with E-state index in [0.29, 0.717) is 0 Å². The molecule has 0 aliphatic heterocycles. The van der Waals surface area contributed by atoms with Crippen LogP contribution in [0.1, 0.15) is 0 Å². The molecule has 24 heavy (non-hydrogen) atoms. The van der Waals surface area contributed by atoms with Crippen molar-refractivity contribution in [1.82, 2.24) is 8.87 Å². The predicted molar refractivity (Wildman–Crippen MR) is 86.6 cm³/mol. The number of pyridine rings is 1. The van der Waals surface area contributed by atoms with E-state index in [9.17, 15) is 22.4 Å². The van der Waals surface area contributed by atoms with Crippen LogP contribution in [0, 0.1) is 5.82 Å². The van der Waals surface area contributed by atoms with Gasteiger partial charge < -0.3 is 9.88 Å². The van der Waals surface area contributed by atoms with Gasteiger partial charge in [0.15, 0.2) is 0 Å². The van der Waals surface area contributed by atoms with Gasteiger partial charge in [-0.15, -0.1) is 0 Å². The molecule has 128 valence electrons. The highest BCUT2D eigenvalue weighted by Gasteiger charge is 2.18. The first kappa shape index (κ1) is 17.8. The molecular formula is C15H16FN3O4S. The Balaban J connectivity index is 2.23. The molecule has 0 aliphatic rings. The van der Waals surface area contributed by atoms with Crippen LogP contribution in [0.4, 0.5) is 10.1 Å². The van der Waals surface area contributed by atoms with Gasteiger partial charge in [-0.1, -0.05) is 6.07 Å². The monoisotopic (exact) mass is 353 g/mol. The number of nitrogens with zero attached hydrogens (tertiary/aromatic N) is 2. The average Bonchev–Trinajstić information content (AvgIpc) is 2.49. The van der Waals surface area contributed by atoms with Gasteiger partial charge in [0.25, 0.3) is 5.56 Å². The zero-order valence-corrected chi connectivity index (χ0v) is 13.9. The lowest BCUT2D eigenvalue weighted by Crippen LogP contribution is -2.29. The summed E-state index contributed by atoms with van der Waals surface area (Å²) in [7, 11) is -0.999. The van der Waals surface area contributed by atoms with Crippen LogP contribution < -0.4 is 10.9 Å². The van der Waals surface area contributed by atoms with Gasteiger partial charge in [0.05, 0.1) is 4.90 Å². The summed E-state index contributed by atoms with van der Waals surface area (Å²) < 4.78 is 39.2. The van der Waals surface area contributed by atoms with E-state index in [1.807, 2.05) is 0 Å². The highest BCUT2D eigenvalue weighted by molar-refractivity contribution is 7.89. The van der Waals surface area contributed by atoms with Crippen LogP contribution in [0.25, 0.3) is 0 Å². The van der Waals surface area contributed by atoms with E-state index in [1.54, 1.807) is 0 Å². The highest BCUT2D eigenvalue weighted by Crippen LogP contribution is 2.11. The summed E-state index contributed by atoms with van der Waals surface area (Å²) in [5, 5.41) is 2.44. The van der Waals surface area contributed by atoms with Gasteiger partial charge in [-0.3, -0.25) is 9.59 Å². The number of anilines is 1. The van der Waals surface area contributed by atoms with Crippen LogP contribution in [0.3, 0.4) is 0 Å². The molecule has 0 aliphatic carbocycles. The van der Waals surface area contributed by atoms with Gasteiger partial charge in [-0.2, -0.15) is 0 Å². The van der Waals surface area contributed by atoms with Gasteiger partial charge in [-0.25, -0.2) is 17.1 Å². The standard InChI is InChI=1S/C15H16FN3O4S/c1-18(2)24(22,23)13-6-7-15(21)19(9-13)10-14(20)17-12-5-3-4-11(16)8-12/h3-9H,10H2,1-2H3,(H,17,20). The minimum Gasteiger partial charge on any atom is -0.324 e. The average molecular weight is 353 g/mol. The Labute approximate surface area is 138 Å². The van der Waals surface area contributed by atoms with Gasteiger partial charge >= 0.3 is 0 Å². The third kappa shape index (κ3) is 4.06. The Morgan fingerprint density at radius 2 is 1.96 bits per heavy atom. The molecule has 0 spiro atoms. The van der Waals surface area contributed by atoms with Crippen molar-refractivity contribution >= 4 is 21.6 Å². The first-order valence-electron chi connectivity index (χ1n) is 6.88. The fourth-order valence-corrected chi connectivity index (χ4v) is 2.84. The molecule has 0 radical (unpaired) electrons. The van der Waals surface area contributed by atoms with Gasteiger partial charge in [0.2, 0.25) is 15.9 Å². The Hall–Kier alpha value is -2.52. The lowest BCUT2D eigenvalue weighted by atomic mass is 10.3. The first-order chi connectivity index (χ1) is 11.2. The maximum atomic E-state index is 13.1. The van der Waals surface area contributed by atoms with E-state index in [2.05, 4.69) is 5.32 Å². The number of benzene rings is 1. The smallest absolute Gasteiger partial charge is 0.251 e. The molecule has 0 saturated heterocycles.